The van der Waals surface area contributed by atoms with Crippen molar-refractivity contribution in [1.82, 2.24) is 9.78 Å². The van der Waals surface area contributed by atoms with Gasteiger partial charge in [0.15, 0.2) is 0 Å². The summed E-state index contributed by atoms with van der Waals surface area (Å²) >= 11 is 3.41. The minimum absolute atomic E-state index is 0.524. The molecule has 0 saturated heterocycles. The summed E-state index contributed by atoms with van der Waals surface area (Å²) in [5.41, 5.74) is 2.35. The second-order valence-electron chi connectivity index (χ2n) is 3.28. The number of nitrogens with one attached hydrogen (secondary N) is 1. The van der Waals surface area contributed by atoms with E-state index in [1.165, 1.54) is 0 Å². The first kappa shape index (κ1) is 10.1. The smallest absolute Gasteiger partial charge is 0.0657 e. The molecule has 1 aromatic heterocycles. The highest BCUT2D eigenvalue weighted by atomic mass is 79.9. The molecule has 0 bridgehead atoms. The average Bonchev–Trinajstić information content (AvgIpc) is 2.66. The van der Waals surface area contributed by atoms with Crippen molar-refractivity contribution >= 4 is 21.6 Å². The van der Waals surface area contributed by atoms with Crippen molar-refractivity contribution in [2.45, 2.75) is 6.92 Å². The maximum absolute atomic E-state index is 7.49. The van der Waals surface area contributed by atoms with E-state index in [0.29, 0.717) is 5.71 Å². The third kappa shape index (κ3) is 2.15. The fourth-order valence-corrected chi connectivity index (χ4v) is 1.66. The van der Waals surface area contributed by atoms with E-state index in [0.717, 1.165) is 15.7 Å². The van der Waals surface area contributed by atoms with Crippen LogP contribution in [-0.4, -0.2) is 15.5 Å². The van der Waals surface area contributed by atoms with Gasteiger partial charge in [-0.3, -0.25) is 0 Å². The molecular formula is C11H10BrN3. The summed E-state index contributed by atoms with van der Waals surface area (Å²) in [5, 5.41) is 11.7. The van der Waals surface area contributed by atoms with Crippen molar-refractivity contribution in [1.29, 1.82) is 5.41 Å². The van der Waals surface area contributed by atoms with Crippen LogP contribution in [-0.2, 0) is 0 Å². The number of rotatable bonds is 2. The van der Waals surface area contributed by atoms with Gasteiger partial charge in [0.05, 0.1) is 11.9 Å². The maximum atomic E-state index is 7.49. The molecule has 3 nitrogen and oxygen atoms in total. The number of aromatic nitrogens is 2. The van der Waals surface area contributed by atoms with Gasteiger partial charge in [0.2, 0.25) is 0 Å². The zero-order valence-electron chi connectivity index (χ0n) is 8.24. The van der Waals surface area contributed by atoms with Gasteiger partial charge >= 0.3 is 0 Å². The van der Waals surface area contributed by atoms with Crippen LogP contribution in [0.25, 0.3) is 5.69 Å². The van der Waals surface area contributed by atoms with Gasteiger partial charge in [-0.25, -0.2) is 4.68 Å². The van der Waals surface area contributed by atoms with Crippen molar-refractivity contribution in [3.8, 4) is 5.69 Å². The Morgan fingerprint density at radius 1 is 1.47 bits per heavy atom. The molecule has 0 unspecified atom stereocenters. The molecule has 2 rings (SSSR count). The molecule has 15 heavy (non-hydrogen) atoms. The SMILES string of the molecule is CC(=N)c1cnn(-c2cccc(Br)c2)c1. The molecule has 1 heterocycles. The summed E-state index contributed by atoms with van der Waals surface area (Å²) in [7, 11) is 0. The molecule has 76 valence electrons. The number of halogens is 1. The van der Waals surface area contributed by atoms with Crippen molar-refractivity contribution in [3.05, 3.63) is 46.7 Å². The lowest BCUT2D eigenvalue weighted by molar-refractivity contribution is 0.880. The Labute approximate surface area is 96.4 Å². The lowest BCUT2D eigenvalue weighted by Crippen LogP contribution is -1.94. The van der Waals surface area contributed by atoms with Crippen LogP contribution in [0.15, 0.2) is 41.1 Å². The van der Waals surface area contributed by atoms with E-state index in [4.69, 9.17) is 5.41 Å². The Bertz CT molecular complexity index is 502. The Morgan fingerprint density at radius 3 is 2.87 bits per heavy atom. The fourth-order valence-electron chi connectivity index (χ4n) is 1.28. The normalized spacial score (nSPS) is 10.3. The third-order valence-corrected chi connectivity index (χ3v) is 2.58. The molecule has 0 aliphatic heterocycles. The van der Waals surface area contributed by atoms with Gasteiger partial charge < -0.3 is 5.41 Å². The summed E-state index contributed by atoms with van der Waals surface area (Å²) in [6, 6.07) is 7.88. The lowest BCUT2D eigenvalue weighted by atomic mass is 10.2. The van der Waals surface area contributed by atoms with Crippen molar-refractivity contribution < 1.29 is 0 Å². The van der Waals surface area contributed by atoms with Crippen molar-refractivity contribution in [2.75, 3.05) is 0 Å². The number of nitrogens with zero attached hydrogens (tertiary/aromatic N) is 2. The second-order valence-corrected chi connectivity index (χ2v) is 4.19. The highest BCUT2D eigenvalue weighted by Gasteiger charge is 2.02. The largest absolute Gasteiger partial charge is 0.305 e. The Hall–Kier alpha value is -1.42. The van der Waals surface area contributed by atoms with E-state index in [2.05, 4.69) is 21.0 Å². The molecule has 4 heteroatoms. The molecule has 0 amide bonds. The quantitative estimate of drug-likeness (QED) is 0.832. The van der Waals surface area contributed by atoms with Crippen LogP contribution in [0.3, 0.4) is 0 Å². The topological polar surface area (TPSA) is 41.7 Å². The summed E-state index contributed by atoms with van der Waals surface area (Å²) in [4.78, 5) is 0. The van der Waals surface area contributed by atoms with E-state index in [1.54, 1.807) is 17.8 Å². The molecule has 0 fully saturated rings. The molecule has 1 N–H and O–H groups in total. The highest BCUT2D eigenvalue weighted by molar-refractivity contribution is 9.10. The monoisotopic (exact) mass is 263 g/mol. The van der Waals surface area contributed by atoms with Gasteiger partial charge in [0.1, 0.15) is 0 Å². The molecule has 0 radical (unpaired) electrons. The maximum Gasteiger partial charge on any atom is 0.0657 e. The summed E-state index contributed by atoms with van der Waals surface area (Å²) in [6.07, 6.45) is 3.55. The van der Waals surface area contributed by atoms with Crippen LogP contribution in [0.5, 0.6) is 0 Å². The summed E-state index contributed by atoms with van der Waals surface area (Å²) in [5.74, 6) is 0. The first-order chi connectivity index (χ1) is 7.16. The van der Waals surface area contributed by atoms with Crippen LogP contribution in [0.1, 0.15) is 12.5 Å². The highest BCUT2D eigenvalue weighted by Crippen LogP contribution is 2.15. The van der Waals surface area contributed by atoms with Crippen LogP contribution < -0.4 is 0 Å². The average molecular weight is 264 g/mol. The predicted octanol–water partition coefficient (Wildman–Crippen LogP) is 3.02. The zero-order valence-corrected chi connectivity index (χ0v) is 9.82. The van der Waals surface area contributed by atoms with Crippen molar-refractivity contribution in [2.24, 2.45) is 0 Å². The van der Waals surface area contributed by atoms with Crippen LogP contribution in [0, 0.1) is 5.41 Å². The molecule has 2 aromatic rings. The van der Waals surface area contributed by atoms with E-state index >= 15 is 0 Å². The van der Waals surface area contributed by atoms with Gasteiger partial charge in [-0.15, -0.1) is 0 Å². The molecule has 0 spiro atoms. The van der Waals surface area contributed by atoms with Crippen molar-refractivity contribution in [3.63, 3.8) is 0 Å². The molecule has 0 atom stereocenters. The van der Waals surface area contributed by atoms with Crippen LogP contribution >= 0.6 is 15.9 Å². The standard InChI is InChI=1S/C11H10BrN3/c1-8(13)9-6-14-15(7-9)11-4-2-3-10(12)5-11/h2-7,13H,1H3. The molecule has 0 aliphatic carbocycles. The third-order valence-electron chi connectivity index (χ3n) is 2.09. The summed E-state index contributed by atoms with van der Waals surface area (Å²) < 4.78 is 2.78. The Kier molecular flexibility index (Phi) is 2.68. The number of hydrogen-bond donors (Lipinski definition) is 1. The Morgan fingerprint density at radius 2 is 2.27 bits per heavy atom. The number of hydrogen-bond acceptors (Lipinski definition) is 2. The first-order valence-electron chi connectivity index (χ1n) is 4.53. The van der Waals surface area contributed by atoms with E-state index in [-0.39, 0.29) is 0 Å². The Balaban J connectivity index is 2.41. The molecular weight excluding hydrogens is 254 g/mol. The molecule has 1 aromatic carbocycles. The lowest BCUT2D eigenvalue weighted by Gasteiger charge is -2.00. The van der Waals surface area contributed by atoms with Gasteiger partial charge in [0, 0.05) is 21.9 Å². The van der Waals surface area contributed by atoms with Gasteiger partial charge in [-0.1, -0.05) is 22.0 Å². The molecule has 0 saturated carbocycles. The van der Waals surface area contributed by atoms with E-state index < -0.39 is 0 Å². The second kappa shape index (κ2) is 3.98. The fraction of sp³-hybridized carbons (Fsp3) is 0.0909. The first-order valence-corrected chi connectivity index (χ1v) is 5.32. The zero-order chi connectivity index (χ0) is 10.8. The molecule has 0 aliphatic rings. The van der Waals surface area contributed by atoms with Crippen LogP contribution in [0.2, 0.25) is 0 Å². The van der Waals surface area contributed by atoms with E-state index in [9.17, 15) is 0 Å². The van der Waals surface area contributed by atoms with Gasteiger partial charge in [-0.2, -0.15) is 5.10 Å². The minimum Gasteiger partial charge on any atom is -0.305 e. The van der Waals surface area contributed by atoms with Gasteiger partial charge in [0.25, 0.3) is 0 Å². The number of benzene rings is 1. The van der Waals surface area contributed by atoms with Crippen LogP contribution in [0.4, 0.5) is 0 Å². The summed E-state index contributed by atoms with van der Waals surface area (Å²) in [6.45, 7) is 1.75. The predicted molar refractivity (Wildman–Crippen MR) is 63.8 cm³/mol. The van der Waals surface area contributed by atoms with Gasteiger partial charge in [-0.05, 0) is 25.1 Å². The van der Waals surface area contributed by atoms with E-state index in [1.807, 2.05) is 30.5 Å². The minimum atomic E-state index is 0.524.